The Morgan fingerprint density at radius 2 is 2.00 bits per heavy atom. The van der Waals surface area contributed by atoms with Gasteiger partial charge in [0.15, 0.2) is 0 Å². The third-order valence-electron chi connectivity index (χ3n) is 2.39. The van der Waals surface area contributed by atoms with Gasteiger partial charge in [-0.15, -0.1) is 0 Å². The van der Waals surface area contributed by atoms with Crippen LogP contribution in [0.25, 0.3) is 0 Å². The highest BCUT2D eigenvalue weighted by Gasteiger charge is 2.27. The van der Waals surface area contributed by atoms with Gasteiger partial charge in [0.2, 0.25) is 10.0 Å². The number of rotatable bonds is 6. The Bertz CT molecular complexity index is 633. The van der Waals surface area contributed by atoms with Crippen molar-refractivity contribution in [2.75, 3.05) is 10.5 Å². The maximum absolute atomic E-state index is 12.0. The van der Waals surface area contributed by atoms with E-state index in [9.17, 15) is 21.6 Å². The maximum Gasteiger partial charge on any atom is 0.389 e. The lowest BCUT2D eigenvalue weighted by Crippen LogP contribution is -2.19. The van der Waals surface area contributed by atoms with E-state index in [4.69, 9.17) is 18.0 Å². The van der Waals surface area contributed by atoms with Crippen LogP contribution in [0.2, 0.25) is 0 Å². The quantitative estimate of drug-likeness (QED) is 0.714. The molecule has 0 atom stereocenters. The lowest BCUT2D eigenvalue weighted by Gasteiger charge is -2.11. The second kappa shape index (κ2) is 6.93. The maximum atomic E-state index is 12.0. The summed E-state index contributed by atoms with van der Waals surface area (Å²) in [7, 11) is -3.86. The van der Waals surface area contributed by atoms with Gasteiger partial charge in [0.25, 0.3) is 0 Å². The molecule has 0 saturated carbocycles. The summed E-state index contributed by atoms with van der Waals surface area (Å²) in [6.07, 6.45) is -6.01. The molecule has 0 aromatic heterocycles. The zero-order chi connectivity index (χ0) is 16.3. The van der Waals surface area contributed by atoms with Gasteiger partial charge in [-0.05, 0) is 40.5 Å². The van der Waals surface area contributed by atoms with E-state index < -0.39 is 34.8 Å². The van der Waals surface area contributed by atoms with Gasteiger partial charge < -0.3 is 5.73 Å². The molecule has 0 saturated heterocycles. The van der Waals surface area contributed by atoms with Gasteiger partial charge >= 0.3 is 6.18 Å². The molecule has 0 unspecified atom stereocenters. The minimum atomic E-state index is -4.37. The van der Waals surface area contributed by atoms with Crippen LogP contribution in [-0.4, -0.2) is 25.3 Å². The van der Waals surface area contributed by atoms with E-state index in [0.29, 0.717) is 10.0 Å². The Morgan fingerprint density at radius 1 is 1.38 bits per heavy atom. The number of alkyl halides is 3. The average molecular weight is 405 g/mol. The summed E-state index contributed by atoms with van der Waals surface area (Å²) >= 11 is 7.92. The topological polar surface area (TPSA) is 72.2 Å². The highest BCUT2D eigenvalue weighted by molar-refractivity contribution is 9.10. The molecule has 0 bridgehead atoms. The molecule has 1 aromatic carbocycles. The first-order chi connectivity index (χ1) is 9.50. The van der Waals surface area contributed by atoms with Crippen LogP contribution in [0, 0.1) is 0 Å². The predicted octanol–water partition coefficient (Wildman–Crippen LogP) is 3.17. The third kappa shape index (κ3) is 6.62. The van der Waals surface area contributed by atoms with Crippen LogP contribution in [0.3, 0.4) is 0 Å². The number of hydrogen-bond donors (Lipinski definition) is 2. The Balaban J connectivity index is 2.73. The van der Waals surface area contributed by atoms with E-state index in [2.05, 4.69) is 20.7 Å². The molecule has 0 amide bonds. The molecule has 118 valence electrons. The molecule has 0 aliphatic heterocycles. The second-order valence-electron chi connectivity index (χ2n) is 4.20. The molecule has 0 heterocycles. The van der Waals surface area contributed by atoms with Crippen LogP contribution in [0.5, 0.6) is 0 Å². The highest BCUT2D eigenvalue weighted by Crippen LogP contribution is 2.26. The fraction of sp³-hybridized carbons (Fsp3) is 0.364. The van der Waals surface area contributed by atoms with Crippen LogP contribution < -0.4 is 10.5 Å². The first-order valence-electron chi connectivity index (χ1n) is 5.67. The van der Waals surface area contributed by atoms with Crippen molar-refractivity contribution in [1.82, 2.24) is 0 Å². The van der Waals surface area contributed by atoms with Crippen LogP contribution in [0.4, 0.5) is 18.9 Å². The molecule has 1 rings (SSSR count). The Labute approximate surface area is 134 Å². The Morgan fingerprint density at radius 3 is 2.48 bits per heavy atom. The fourth-order valence-corrected chi connectivity index (χ4v) is 3.31. The van der Waals surface area contributed by atoms with E-state index in [1.807, 2.05) is 0 Å². The monoisotopic (exact) mass is 404 g/mol. The van der Waals surface area contributed by atoms with Crippen molar-refractivity contribution in [3.05, 3.63) is 28.2 Å². The van der Waals surface area contributed by atoms with Crippen LogP contribution in [0.15, 0.2) is 22.7 Å². The summed E-state index contributed by atoms with van der Waals surface area (Å²) in [6, 6.07) is 4.47. The minimum Gasteiger partial charge on any atom is -0.389 e. The zero-order valence-electron chi connectivity index (χ0n) is 10.6. The van der Waals surface area contributed by atoms with Gasteiger partial charge in [0.1, 0.15) is 4.99 Å². The summed E-state index contributed by atoms with van der Waals surface area (Å²) in [5.41, 5.74) is 6.18. The van der Waals surface area contributed by atoms with Crippen molar-refractivity contribution in [1.29, 1.82) is 0 Å². The van der Waals surface area contributed by atoms with E-state index in [1.165, 1.54) is 18.2 Å². The molecule has 0 spiro atoms. The summed E-state index contributed by atoms with van der Waals surface area (Å²) in [5, 5.41) is 0. The van der Waals surface area contributed by atoms with E-state index in [1.54, 1.807) is 0 Å². The van der Waals surface area contributed by atoms with Gasteiger partial charge in [-0.1, -0.05) is 12.2 Å². The molecule has 1 aromatic rings. The molecule has 4 nitrogen and oxygen atoms in total. The Hall–Kier alpha value is -0.870. The molecular formula is C11H12BrF3N2O2S2. The van der Waals surface area contributed by atoms with Crippen LogP contribution in [-0.2, 0) is 10.0 Å². The van der Waals surface area contributed by atoms with Crippen molar-refractivity contribution in [3.8, 4) is 0 Å². The average Bonchev–Trinajstić information content (AvgIpc) is 2.29. The van der Waals surface area contributed by atoms with E-state index >= 15 is 0 Å². The standard InChI is InChI=1S/C11H12BrF3N2O2S2/c12-8-6-7(10(16)20)2-3-9(8)17-21(18,19)5-1-4-11(13,14)15/h2-3,6,17H,1,4-5H2,(H2,16,20). The SMILES string of the molecule is NC(=S)c1ccc(NS(=O)(=O)CCCC(F)(F)F)c(Br)c1. The number of hydrogen-bond acceptors (Lipinski definition) is 3. The summed E-state index contributed by atoms with van der Waals surface area (Å²) < 4.78 is 62.0. The number of halogens is 4. The van der Waals surface area contributed by atoms with Gasteiger partial charge in [-0.3, -0.25) is 4.72 Å². The predicted molar refractivity (Wildman–Crippen MR) is 82.7 cm³/mol. The second-order valence-corrected chi connectivity index (χ2v) is 7.33. The molecule has 21 heavy (non-hydrogen) atoms. The first kappa shape index (κ1) is 18.2. The number of anilines is 1. The molecule has 3 N–H and O–H groups in total. The van der Waals surface area contributed by atoms with Gasteiger partial charge in [0, 0.05) is 16.5 Å². The number of sulfonamides is 1. The van der Waals surface area contributed by atoms with Gasteiger partial charge in [0.05, 0.1) is 11.4 Å². The molecule has 0 fully saturated rings. The lowest BCUT2D eigenvalue weighted by atomic mass is 10.2. The summed E-state index contributed by atoms with van der Waals surface area (Å²) in [5.74, 6) is -0.615. The van der Waals surface area contributed by atoms with Crippen LogP contribution >= 0.6 is 28.1 Å². The normalized spacial score (nSPS) is 12.2. The molecule has 0 aliphatic rings. The number of benzene rings is 1. The lowest BCUT2D eigenvalue weighted by molar-refractivity contribution is -0.134. The summed E-state index contributed by atoms with van der Waals surface area (Å²) in [6.45, 7) is 0. The van der Waals surface area contributed by atoms with Crippen LogP contribution in [0.1, 0.15) is 18.4 Å². The molecule has 0 radical (unpaired) electrons. The molecular weight excluding hydrogens is 393 g/mol. The largest absolute Gasteiger partial charge is 0.389 e. The number of nitrogens with two attached hydrogens (primary N) is 1. The van der Waals surface area contributed by atoms with Gasteiger partial charge in [-0.25, -0.2) is 8.42 Å². The zero-order valence-corrected chi connectivity index (χ0v) is 13.8. The smallest absolute Gasteiger partial charge is 0.389 e. The molecule has 10 heteroatoms. The number of thiocarbonyl (C=S) groups is 1. The molecule has 0 aliphatic carbocycles. The Kier molecular flexibility index (Phi) is 6.00. The minimum absolute atomic E-state index is 0.148. The number of nitrogens with one attached hydrogen (secondary N) is 1. The highest BCUT2D eigenvalue weighted by atomic mass is 79.9. The summed E-state index contributed by atoms with van der Waals surface area (Å²) in [4.78, 5) is 0.148. The van der Waals surface area contributed by atoms with E-state index in [0.717, 1.165) is 0 Å². The first-order valence-corrected chi connectivity index (χ1v) is 8.52. The van der Waals surface area contributed by atoms with E-state index in [-0.39, 0.29) is 10.7 Å². The van der Waals surface area contributed by atoms with Crippen molar-refractivity contribution >= 4 is 48.8 Å². The van der Waals surface area contributed by atoms with Crippen molar-refractivity contribution in [2.45, 2.75) is 19.0 Å². The fourth-order valence-electron chi connectivity index (χ4n) is 1.43. The van der Waals surface area contributed by atoms with Crippen molar-refractivity contribution in [2.24, 2.45) is 5.73 Å². The van der Waals surface area contributed by atoms with Crippen molar-refractivity contribution in [3.63, 3.8) is 0 Å². The third-order valence-corrected chi connectivity index (χ3v) is 4.64. The van der Waals surface area contributed by atoms with Gasteiger partial charge in [-0.2, -0.15) is 13.2 Å². The van der Waals surface area contributed by atoms with Crippen molar-refractivity contribution < 1.29 is 21.6 Å².